The van der Waals surface area contributed by atoms with E-state index in [1.807, 2.05) is 56.3 Å². The fourth-order valence-corrected chi connectivity index (χ4v) is 3.61. The van der Waals surface area contributed by atoms with Crippen LogP contribution in [0.3, 0.4) is 0 Å². The predicted octanol–water partition coefficient (Wildman–Crippen LogP) is 4.63. The second kappa shape index (κ2) is 9.35. The lowest BCUT2D eigenvalue weighted by molar-refractivity contribution is 0.0714. The van der Waals surface area contributed by atoms with Crippen LogP contribution in [0.1, 0.15) is 61.0 Å². The summed E-state index contributed by atoms with van der Waals surface area (Å²) in [4.78, 5) is 15.2. The fourth-order valence-electron chi connectivity index (χ4n) is 3.61. The molecule has 4 heteroatoms. The molecule has 2 aromatic rings. The van der Waals surface area contributed by atoms with Gasteiger partial charge < -0.3 is 10.4 Å². The monoisotopic (exact) mass is 380 g/mol. The lowest BCUT2D eigenvalue weighted by atomic mass is 9.98. The molecule has 0 aliphatic carbocycles. The molecule has 1 fully saturated rings. The normalized spacial score (nSPS) is 15.4. The Morgan fingerprint density at radius 2 is 1.71 bits per heavy atom. The number of carbonyl (C=O) groups excluding carboxylic acids is 1. The average molecular weight is 381 g/mol. The molecule has 1 aliphatic rings. The van der Waals surface area contributed by atoms with Crippen molar-refractivity contribution in [2.75, 3.05) is 18.4 Å². The van der Waals surface area contributed by atoms with Crippen LogP contribution >= 0.6 is 0 Å². The van der Waals surface area contributed by atoms with Crippen LogP contribution in [-0.2, 0) is 13.0 Å². The van der Waals surface area contributed by atoms with Crippen LogP contribution < -0.4 is 5.32 Å². The number of aryl methyl sites for hydroxylation is 1. The SMILES string of the molecule is CC(C)(O)CCc1ccc(C(=O)Nc2ccccc2CN2CCCCC2)cc1. The topological polar surface area (TPSA) is 52.6 Å². The van der Waals surface area contributed by atoms with Gasteiger partial charge in [0.25, 0.3) is 5.91 Å². The van der Waals surface area contributed by atoms with Gasteiger partial charge in [0.2, 0.25) is 0 Å². The van der Waals surface area contributed by atoms with Crippen molar-refractivity contribution in [2.24, 2.45) is 0 Å². The van der Waals surface area contributed by atoms with E-state index in [1.165, 1.54) is 24.8 Å². The van der Waals surface area contributed by atoms with Gasteiger partial charge in [-0.05, 0) is 81.9 Å². The van der Waals surface area contributed by atoms with E-state index in [0.717, 1.165) is 37.3 Å². The van der Waals surface area contributed by atoms with E-state index >= 15 is 0 Å². The molecule has 1 heterocycles. The van der Waals surface area contributed by atoms with E-state index in [4.69, 9.17) is 0 Å². The molecule has 1 saturated heterocycles. The number of para-hydroxylation sites is 1. The Morgan fingerprint density at radius 1 is 1.04 bits per heavy atom. The Balaban J connectivity index is 1.63. The van der Waals surface area contributed by atoms with Crippen molar-refractivity contribution in [3.63, 3.8) is 0 Å². The molecule has 0 bridgehead atoms. The molecule has 0 atom stereocenters. The number of piperidine rings is 1. The number of hydrogen-bond acceptors (Lipinski definition) is 3. The number of nitrogens with one attached hydrogen (secondary N) is 1. The number of benzene rings is 2. The van der Waals surface area contributed by atoms with Crippen molar-refractivity contribution in [2.45, 2.75) is 58.1 Å². The molecule has 1 aliphatic heterocycles. The lowest BCUT2D eigenvalue weighted by Gasteiger charge is -2.27. The Bertz CT molecular complexity index is 772. The van der Waals surface area contributed by atoms with E-state index in [9.17, 15) is 9.90 Å². The summed E-state index contributed by atoms with van der Waals surface area (Å²) >= 11 is 0. The van der Waals surface area contributed by atoms with Crippen LogP contribution in [0.5, 0.6) is 0 Å². The Kier molecular flexibility index (Phi) is 6.87. The molecule has 28 heavy (non-hydrogen) atoms. The summed E-state index contributed by atoms with van der Waals surface area (Å²) in [6.45, 7) is 6.78. The second-order valence-electron chi connectivity index (χ2n) is 8.46. The summed E-state index contributed by atoms with van der Waals surface area (Å²) in [5.41, 5.74) is 3.17. The molecule has 0 unspecified atom stereocenters. The van der Waals surface area contributed by atoms with Crippen molar-refractivity contribution in [3.05, 3.63) is 65.2 Å². The third-order valence-corrected chi connectivity index (χ3v) is 5.35. The van der Waals surface area contributed by atoms with Gasteiger partial charge in [0.05, 0.1) is 5.60 Å². The zero-order valence-corrected chi connectivity index (χ0v) is 17.1. The van der Waals surface area contributed by atoms with Gasteiger partial charge in [-0.1, -0.05) is 36.8 Å². The van der Waals surface area contributed by atoms with Gasteiger partial charge in [-0.3, -0.25) is 9.69 Å². The highest BCUT2D eigenvalue weighted by Gasteiger charge is 2.15. The van der Waals surface area contributed by atoms with Gasteiger partial charge in [0.15, 0.2) is 0 Å². The van der Waals surface area contributed by atoms with Gasteiger partial charge in [-0.2, -0.15) is 0 Å². The summed E-state index contributed by atoms with van der Waals surface area (Å²) in [5, 5.41) is 12.9. The smallest absolute Gasteiger partial charge is 0.255 e. The van der Waals surface area contributed by atoms with E-state index in [2.05, 4.69) is 16.3 Å². The number of anilines is 1. The highest BCUT2D eigenvalue weighted by Crippen LogP contribution is 2.21. The summed E-state index contributed by atoms with van der Waals surface area (Å²) in [6, 6.07) is 15.8. The number of likely N-dealkylation sites (tertiary alicyclic amines) is 1. The summed E-state index contributed by atoms with van der Waals surface area (Å²) < 4.78 is 0. The maximum absolute atomic E-state index is 12.7. The predicted molar refractivity (Wildman–Crippen MR) is 115 cm³/mol. The maximum Gasteiger partial charge on any atom is 0.255 e. The molecule has 0 saturated carbocycles. The van der Waals surface area contributed by atoms with E-state index in [-0.39, 0.29) is 5.91 Å². The maximum atomic E-state index is 12.7. The zero-order valence-electron chi connectivity index (χ0n) is 17.1. The van der Waals surface area contributed by atoms with Gasteiger partial charge in [0, 0.05) is 17.8 Å². The lowest BCUT2D eigenvalue weighted by Crippen LogP contribution is -2.29. The van der Waals surface area contributed by atoms with Crippen LogP contribution in [0.4, 0.5) is 5.69 Å². The molecular weight excluding hydrogens is 348 g/mol. The molecule has 0 spiro atoms. The van der Waals surface area contributed by atoms with E-state index < -0.39 is 5.60 Å². The highest BCUT2D eigenvalue weighted by atomic mass is 16.3. The first-order valence-corrected chi connectivity index (χ1v) is 10.3. The third kappa shape index (κ3) is 6.18. The molecule has 0 radical (unpaired) electrons. The molecule has 4 nitrogen and oxygen atoms in total. The second-order valence-corrected chi connectivity index (χ2v) is 8.46. The molecule has 0 aromatic heterocycles. The number of rotatable bonds is 7. The Labute approximate surface area is 168 Å². The zero-order chi connectivity index (χ0) is 20.0. The Morgan fingerprint density at radius 3 is 2.39 bits per heavy atom. The van der Waals surface area contributed by atoms with Crippen molar-refractivity contribution in [3.8, 4) is 0 Å². The highest BCUT2D eigenvalue weighted by molar-refractivity contribution is 6.04. The number of nitrogens with zero attached hydrogens (tertiary/aromatic N) is 1. The molecule has 1 amide bonds. The summed E-state index contributed by atoms with van der Waals surface area (Å²) in [7, 11) is 0. The van der Waals surface area contributed by atoms with Gasteiger partial charge in [0.1, 0.15) is 0 Å². The van der Waals surface area contributed by atoms with E-state index in [0.29, 0.717) is 12.0 Å². The minimum Gasteiger partial charge on any atom is -0.390 e. The molecule has 150 valence electrons. The van der Waals surface area contributed by atoms with Gasteiger partial charge >= 0.3 is 0 Å². The van der Waals surface area contributed by atoms with Crippen molar-refractivity contribution < 1.29 is 9.90 Å². The largest absolute Gasteiger partial charge is 0.390 e. The van der Waals surface area contributed by atoms with Crippen LogP contribution in [-0.4, -0.2) is 34.6 Å². The number of hydrogen-bond donors (Lipinski definition) is 2. The molecule has 3 rings (SSSR count). The van der Waals surface area contributed by atoms with Crippen LogP contribution in [0, 0.1) is 0 Å². The number of aliphatic hydroxyl groups is 1. The molecular formula is C24H32N2O2. The number of carbonyl (C=O) groups is 1. The summed E-state index contributed by atoms with van der Waals surface area (Å²) in [6.07, 6.45) is 5.33. The van der Waals surface area contributed by atoms with Crippen LogP contribution in [0.2, 0.25) is 0 Å². The van der Waals surface area contributed by atoms with Gasteiger partial charge in [-0.15, -0.1) is 0 Å². The minimum atomic E-state index is -0.673. The molecule has 2 N–H and O–H groups in total. The van der Waals surface area contributed by atoms with Crippen molar-refractivity contribution in [1.82, 2.24) is 4.90 Å². The summed E-state index contributed by atoms with van der Waals surface area (Å²) in [5.74, 6) is -0.0832. The van der Waals surface area contributed by atoms with Crippen LogP contribution in [0.25, 0.3) is 0 Å². The standard InChI is InChI=1S/C24H32N2O2/c1-24(2,28)15-14-19-10-12-20(13-11-19)23(27)25-22-9-5-4-8-21(22)18-26-16-6-3-7-17-26/h4-5,8-13,28H,3,6-7,14-18H2,1-2H3,(H,25,27). The van der Waals surface area contributed by atoms with Crippen molar-refractivity contribution >= 4 is 11.6 Å². The van der Waals surface area contributed by atoms with Crippen LogP contribution in [0.15, 0.2) is 48.5 Å². The molecule has 2 aromatic carbocycles. The van der Waals surface area contributed by atoms with Crippen molar-refractivity contribution in [1.29, 1.82) is 0 Å². The van der Waals surface area contributed by atoms with Gasteiger partial charge in [-0.25, -0.2) is 0 Å². The Hall–Kier alpha value is -2.17. The number of amides is 1. The average Bonchev–Trinajstić information content (AvgIpc) is 2.68. The van der Waals surface area contributed by atoms with E-state index in [1.54, 1.807) is 0 Å². The minimum absolute atomic E-state index is 0.0832. The first kappa shape index (κ1) is 20.6. The first-order chi connectivity index (χ1) is 13.4. The first-order valence-electron chi connectivity index (χ1n) is 10.3. The quantitative estimate of drug-likeness (QED) is 0.736. The third-order valence-electron chi connectivity index (χ3n) is 5.35. The fraction of sp³-hybridized carbons (Fsp3) is 0.458.